The molecule has 0 saturated heterocycles. The predicted molar refractivity (Wildman–Crippen MR) is 59.5 cm³/mol. The highest BCUT2D eigenvalue weighted by atomic mass is 35.5. The van der Waals surface area contributed by atoms with Gasteiger partial charge in [-0.1, -0.05) is 0 Å². The standard InChI is InChI=1S/C9H15F2NO2.CH3ClO/c1-12(14-2)8(13)7-3-5-9(10,11)6-4-7;1-3-2/h7H,3-6H2,1-2H3;1H3. The Kier molecular flexibility index (Phi) is 7.58. The molecule has 102 valence electrons. The Hall–Kier alpha value is -0.460. The number of hydroxylamine groups is 2. The molecule has 1 saturated carbocycles. The molecule has 7 heteroatoms. The van der Waals surface area contributed by atoms with Crippen LogP contribution < -0.4 is 0 Å². The summed E-state index contributed by atoms with van der Waals surface area (Å²) < 4.78 is 29.3. The van der Waals surface area contributed by atoms with E-state index < -0.39 is 5.92 Å². The van der Waals surface area contributed by atoms with Gasteiger partial charge in [-0.05, 0) is 12.8 Å². The van der Waals surface area contributed by atoms with Crippen molar-refractivity contribution in [2.75, 3.05) is 21.3 Å². The van der Waals surface area contributed by atoms with Gasteiger partial charge in [0.15, 0.2) is 0 Å². The van der Waals surface area contributed by atoms with E-state index in [1.165, 1.54) is 21.3 Å². The molecule has 0 N–H and O–H groups in total. The van der Waals surface area contributed by atoms with Crippen molar-refractivity contribution < 1.29 is 22.7 Å². The zero-order chi connectivity index (χ0) is 13.5. The van der Waals surface area contributed by atoms with Crippen molar-refractivity contribution >= 4 is 17.8 Å². The van der Waals surface area contributed by atoms with Crippen LogP contribution in [0.5, 0.6) is 0 Å². The van der Waals surface area contributed by atoms with Crippen LogP contribution in [0.1, 0.15) is 25.7 Å². The van der Waals surface area contributed by atoms with Gasteiger partial charge >= 0.3 is 0 Å². The summed E-state index contributed by atoms with van der Waals surface area (Å²) in [5.41, 5.74) is 0. The third kappa shape index (κ3) is 6.14. The largest absolute Gasteiger partial charge is 0.283 e. The van der Waals surface area contributed by atoms with Crippen LogP contribution in [0.4, 0.5) is 8.78 Å². The van der Waals surface area contributed by atoms with Crippen LogP contribution >= 0.6 is 11.9 Å². The fourth-order valence-corrected chi connectivity index (χ4v) is 1.63. The summed E-state index contributed by atoms with van der Waals surface area (Å²) in [5, 5.41) is 1.11. The maximum atomic E-state index is 12.8. The number of nitrogens with zero attached hydrogens (tertiary/aromatic N) is 1. The van der Waals surface area contributed by atoms with Gasteiger partial charge in [0.2, 0.25) is 11.8 Å². The molecule has 1 aliphatic rings. The molecule has 1 rings (SSSR count). The maximum Gasteiger partial charge on any atom is 0.248 e. The molecule has 1 fully saturated rings. The van der Waals surface area contributed by atoms with E-state index in [1.807, 2.05) is 0 Å². The van der Waals surface area contributed by atoms with Crippen LogP contribution in [-0.4, -0.2) is 38.2 Å². The zero-order valence-corrected chi connectivity index (χ0v) is 11.0. The molecule has 0 heterocycles. The molecule has 0 bridgehead atoms. The van der Waals surface area contributed by atoms with Crippen LogP contribution in [0.3, 0.4) is 0 Å². The molecule has 0 unspecified atom stereocenters. The fourth-order valence-electron chi connectivity index (χ4n) is 1.63. The van der Waals surface area contributed by atoms with Gasteiger partial charge in [0, 0.05) is 25.8 Å². The Bertz CT molecular complexity index is 232. The van der Waals surface area contributed by atoms with Gasteiger partial charge in [-0.25, -0.2) is 13.8 Å². The Balaban J connectivity index is 0.000000770. The first-order valence-electron chi connectivity index (χ1n) is 5.22. The molecule has 4 nitrogen and oxygen atoms in total. The van der Waals surface area contributed by atoms with E-state index in [-0.39, 0.29) is 37.5 Å². The number of hydrogen-bond donors (Lipinski definition) is 0. The summed E-state index contributed by atoms with van der Waals surface area (Å²) in [4.78, 5) is 16.2. The summed E-state index contributed by atoms with van der Waals surface area (Å²) in [6, 6.07) is 0. The number of amides is 1. The number of alkyl halides is 2. The van der Waals surface area contributed by atoms with E-state index in [0.717, 1.165) is 5.06 Å². The molecule has 0 atom stereocenters. The van der Waals surface area contributed by atoms with E-state index in [9.17, 15) is 13.6 Å². The lowest BCUT2D eigenvalue weighted by Crippen LogP contribution is -2.36. The molecule has 1 aliphatic carbocycles. The lowest BCUT2D eigenvalue weighted by molar-refractivity contribution is -0.176. The first kappa shape index (κ1) is 16.5. The molecule has 0 aliphatic heterocycles. The summed E-state index contributed by atoms with van der Waals surface area (Å²) >= 11 is 4.50. The maximum absolute atomic E-state index is 12.8. The first-order valence-corrected chi connectivity index (χ1v) is 5.53. The van der Waals surface area contributed by atoms with Gasteiger partial charge in [-0.2, -0.15) is 0 Å². The minimum atomic E-state index is -2.58. The molecule has 1 amide bonds. The smallest absolute Gasteiger partial charge is 0.248 e. The average molecular weight is 274 g/mol. The minimum Gasteiger partial charge on any atom is -0.283 e. The Labute approximate surface area is 105 Å². The van der Waals surface area contributed by atoms with E-state index in [0.29, 0.717) is 0 Å². The Morgan fingerprint density at radius 3 is 2.12 bits per heavy atom. The number of hydrogen-bond acceptors (Lipinski definition) is 3. The summed E-state index contributed by atoms with van der Waals surface area (Å²) in [5.74, 6) is -3.09. The summed E-state index contributed by atoms with van der Waals surface area (Å²) in [6.07, 6.45) is 0.112. The molecule has 0 aromatic rings. The number of rotatable bonds is 2. The van der Waals surface area contributed by atoms with E-state index in [4.69, 9.17) is 4.84 Å². The van der Waals surface area contributed by atoms with Crippen molar-refractivity contribution in [3.8, 4) is 0 Å². The monoisotopic (exact) mass is 273 g/mol. The van der Waals surface area contributed by atoms with E-state index in [1.54, 1.807) is 0 Å². The second-order valence-electron chi connectivity index (χ2n) is 3.80. The SMILES string of the molecule is COCl.CON(C)C(=O)C1CCC(F)(F)CC1. The van der Waals surface area contributed by atoms with E-state index in [2.05, 4.69) is 16.2 Å². The van der Waals surface area contributed by atoms with Crippen molar-refractivity contribution in [1.82, 2.24) is 5.06 Å². The number of carbonyl (C=O) groups is 1. The van der Waals surface area contributed by atoms with Crippen molar-refractivity contribution in [1.29, 1.82) is 0 Å². The van der Waals surface area contributed by atoms with Gasteiger partial charge < -0.3 is 0 Å². The molecular weight excluding hydrogens is 256 g/mol. The van der Waals surface area contributed by atoms with Crippen LogP contribution in [0, 0.1) is 5.92 Å². The number of halogens is 3. The molecule has 17 heavy (non-hydrogen) atoms. The third-order valence-corrected chi connectivity index (χ3v) is 2.65. The van der Waals surface area contributed by atoms with Crippen LogP contribution in [0.25, 0.3) is 0 Å². The van der Waals surface area contributed by atoms with Crippen LogP contribution in [0.15, 0.2) is 0 Å². The fraction of sp³-hybridized carbons (Fsp3) is 0.900. The predicted octanol–water partition coefficient (Wildman–Crippen LogP) is 2.62. The summed E-state index contributed by atoms with van der Waals surface area (Å²) in [7, 11) is 4.27. The van der Waals surface area contributed by atoms with Crippen molar-refractivity contribution in [3.63, 3.8) is 0 Å². The zero-order valence-electron chi connectivity index (χ0n) is 10.2. The Morgan fingerprint density at radius 2 is 1.76 bits per heavy atom. The highest BCUT2D eigenvalue weighted by Crippen LogP contribution is 2.36. The van der Waals surface area contributed by atoms with Crippen molar-refractivity contribution in [2.45, 2.75) is 31.6 Å². The van der Waals surface area contributed by atoms with Gasteiger partial charge in [0.05, 0.1) is 26.1 Å². The highest BCUT2D eigenvalue weighted by molar-refractivity contribution is 6.07. The van der Waals surface area contributed by atoms with Gasteiger partial charge in [0.1, 0.15) is 0 Å². The van der Waals surface area contributed by atoms with Crippen LogP contribution in [-0.2, 0) is 13.9 Å². The van der Waals surface area contributed by atoms with Crippen LogP contribution in [0.2, 0.25) is 0 Å². The number of carbonyl (C=O) groups excluding carboxylic acids is 1. The van der Waals surface area contributed by atoms with Crippen molar-refractivity contribution in [3.05, 3.63) is 0 Å². The quantitative estimate of drug-likeness (QED) is 0.726. The molecule has 0 aromatic carbocycles. The molecule has 0 radical (unpaired) electrons. The average Bonchev–Trinajstić information content (AvgIpc) is 2.28. The minimum absolute atomic E-state index is 0.193. The lowest BCUT2D eigenvalue weighted by Gasteiger charge is -2.29. The topological polar surface area (TPSA) is 38.8 Å². The second-order valence-corrected chi connectivity index (χ2v) is 4.11. The van der Waals surface area contributed by atoms with Crippen molar-refractivity contribution in [2.24, 2.45) is 5.92 Å². The summed E-state index contributed by atoms with van der Waals surface area (Å²) in [6.45, 7) is 0. The third-order valence-electron chi connectivity index (χ3n) is 2.65. The molecule has 0 spiro atoms. The second kappa shape index (κ2) is 7.79. The van der Waals surface area contributed by atoms with Gasteiger partial charge in [-0.15, -0.1) is 0 Å². The first-order chi connectivity index (χ1) is 7.87. The lowest BCUT2D eigenvalue weighted by atomic mass is 9.86. The van der Waals surface area contributed by atoms with E-state index >= 15 is 0 Å². The highest BCUT2D eigenvalue weighted by Gasteiger charge is 2.38. The molecule has 0 aromatic heterocycles. The van der Waals surface area contributed by atoms with Gasteiger partial charge in [-0.3, -0.25) is 13.9 Å². The molecular formula is C10H18ClF2NO3. The normalized spacial score (nSPS) is 19.2. The Morgan fingerprint density at radius 1 is 1.35 bits per heavy atom. The van der Waals surface area contributed by atoms with Gasteiger partial charge in [0.25, 0.3) is 0 Å².